The molecule has 0 aromatic heterocycles. The van der Waals surface area contributed by atoms with Gasteiger partial charge in [0.2, 0.25) is 0 Å². The van der Waals surface area contributed by atoms with Gasteiger partial charge < -0.3 is 9.47 Å². The standard InChI is InChI=1S/C36H70O4/c1-5-7-9-11-13-15-17-19-20-22-24-26-28-30-32-39-36(38)34(40-35(37)33(3)4)31-29-27-25-23-21-18-16-14-12-10-8-6-2/h33-34H,5-32H2,1-4H3. The molecule has 0 radical (unpaired) electrons. The Hall–Kier alpha value is -1.06. The lowest BCUT2D eigenvalue weighted by molar-refractivity contribution is -0.170. The molecule has 0 heterocycles. The van der Waals surface area contributed by atoms with Crippen molar-refractivity contribution in [2.75, 3.05) is 6.61 Å². The minimum absolute atomic E-state index is 0.233. The van der Waals surface area contributed by atoms with Crippen LogP contribution in [0.2, 0.25) is 0 Å². The van der Waals surface area contributed by atoms with Gasteiger partial charge in [-0.25, -0.2) is 4.79 Å². The maximum Gasteiger partial charge on any atom is 0.347 e. The summed E-state index contributed by atoms with van der Waals surface area (Å²) in [5, 5.41) is 0. The van der Waals surface area contributed by atoms with Crippen molar-refractivity contribution in [2.24, 2.45) is 5.92 Å². The molecule has 0 aromatic carbocycles. The zero-order valence-electron chi connectivity index (χ0n) is 27.6. The van der Waals surface area contributed by atoms with E-state index in [1.807, 2.05) is 13.8 Å². The van der Waals surface area contributed by atoms with Crippen molar-refractivity contribution in [1.82, 2.24) is 0 Å². The number of hydrogen-bond acceptors (Lipinski definition) is 4. The summed E-state index contributed by atoms with van der Waals surface area (Å²) in [7, 11) is 0. The molecule has 4 nitrogen and oxygen atoms in total. The first-order chi connectivity index (χ1) is 19.5. The molecule has 0 bridgehead atoms. The summed E-state index contributed by atoms with van der Waals surface area (Å²) < 4.78 is 11.1. The fourth-order valence-corrected chi connectivity index (χ4v) is 5.23. The monoisotopic (exact) mass is 567 g/mol. The predicted octanol–water partition coefficient (Wildman–Crippen LogP) is 11.7. The van der Waals surface area contributed by atoms with Crippen LogP contribution in [-0.4, -0.2) is 24.6 Å². The van der Waals surface area contributed by atoms with Gasteiger partial charge in [-0.3, -0.25) is 4.79 Å². The average Bonchev–Trinajstić information content (AvgIpc) is 2.94. The van der Waals surface area contributed by atoms with E-state index in [1.165, 1.54) is 141 Å². The third-order valence-electron chi connectivity index (χ3n) is 8.05. The SMILES string of the molecule is CCCCCCCCCCCCCCCCOC(=O)C(CCCCCCCCCCCCCC)OC(=O)C(C)C. The van der Waals surface area contributed by atoms with E-state index in [4.69, 9.17) is 9.47 Å². The molecule has 4 heteroatoms. The van der Waals surface area contributed by atoms with Crippen molar-refractivity contribution in [3.05, 3.63) is 0 Å². The van der Waals surface area contributed by atoms with E-state index in [9.17, 15) is 9.59 Å². The molecular formula is C36H70O4. The maximum atomic E-state index is 12.7. The van der Waals surface area contributed by atoms with Crippen molar-refractivity contribution in [1.29, 1.82) is 0 Å². The van der Waals surface area contributed by atoms with Crippen LogP contribution in [0, 0.1) is 5.92 Å². The molecule has 0 aliphatic heterocycles. The van der Waals surface area contributed by atoms with Crippen LogP contribution in [0.1, 0.15) is 201 Å². The number of esters is 2. The van der Waals surface area contributed by atoms with E-state index >= 15 is 0 Å². The Balaban J connectivity index is 3.85. The molecule has 0 fully saturated rings. The van der Waals surface area contributed by atoms with Crippen LogP contribution in [-0.2, 0) is 19.1 Å². The van der Waals surface area contributed by atoms with Gasteiger partial charge in [0.15, 0.2) is 6.10 Å². The minimum atomic E-state index is -0.746. The predicted molar refractivity (Wildman–Crippen MR) is 172 cm³/mol. The van der Waals surface area contributed by atoms with Gasteiger partial charge in [-0.15, -0.1) is 0 Å². The van der Waals surface area contributed by atoms with Crippen molar-refractivity contribution in [2.45, 2.75) is 207 Å². The van der Waals surface area contributed by atoms with E-state index in [0.717, 1.165) is 25.7 Å². The summed E-state index contributed by atoms with van der Waals surface area (Å²) in [6, 6.07) is 0. The summed E-state index contributed by atoms with van der Waals surface area (Å²) in [5.41, 5.74) is 0. The summed E-state index contributed by atoms with van der Waals surface area (Å²) >= 11 is 0. The smallest absolute Gasteiger partial charge is 0.347 e. The minimum Gasteiger partial charge on any atom is -0.463 e. The second kappa shape index (κ2) is 30.9. The number of hydrogen-bond donors (Lipinski definition) is 0. The maximum absolute atomic E-state index is 12.7. The van der Waals surface area contributed by atoms with Crippen molar-refractivity contribution in [3.8, 4) is 0 Å². The van der Waals surface area contributed by atoms with Crippen molar-refractivity contribution >= 4 is 11.9 Å². The summed E-state index contributed by atoms with van der Waals surface area (Å²) in [5.74, 6) is -0.896. The molecule has 0 saturated heterocycles. The zero-order valence-corrected chi connectivity index (χ0v) is 27.6. The Labute approximate surface area is 250 Å². The lowest BCUT2D eigenvalue weighted by atomic mass is 10.0. The molecule has 0 rings (SSSR count). The van der Waals surface area contributed by atoms with E-state index in [1.54, 1.807) is 0 Å². The molecular weight excluding hydrogens is 496 g/mol. The third kappa shape index (κ3) is 27.1. The van der Waals surface area contributed by atoms with Gasteiger partial charge in [-0.2, -0.15) is 0 Å². The van der Waals surface area contributed by atoms with Crippen LogP contribution in [0.4, 0.5) is 0 Å². The summed E-state index contributed by atoms with van der Waals surface area (Å²) in [4.78, 5) is 24.8. The molecule has 238 valence electrons. The number of carbonyl (C=O) groups excluding carboxylic acids is 2. The highest BCUT2D eigenvalue weighted by Gasteiger charge is 2.25. The largest absolute Gasteiger partial charge is 0.463 e. The lowest BCUT2D eigenvalue weighted by Gasteiger charge is -2.18. The fourth-order valence-electron chi connectivity index (χ4n) is 5.23. The molecule has 0 aromatic rings. The molecule has 0 spiro atoms. The highest BCUT2D eigenvalue weighted by molar-refractivity contribution is 5.80. The quantitative estimate of drug-likeness (QED) is 0.0618. The fraction of sp³-hybridized carbons (Fsp3) is 0.944. The second-order valence-corrected chi connectivity index (χ2v) is 12.5. The second-order valence-electron chi connectivity index (χ2n) is 12.5. The van der Waals surface area contributed by atoms with Gasteiger partial charge in [0.1, 0.15) is 0 Å². The topological polar surface area (TPSA) is 52.6 Å². The molecule has 1 atom stereocenters. The summed E-state index contributed by atoms with van der Waals surface area (Å²) in [6.07, 6.45) is 33.4. The number of carbonyl (C=O) groups is 2. The Morgan fingerprint density at radius 3 is 1.12 bits per heavy atom. The number of rotatable bonds is 31. The van der Waals surface area contributed by atoms with Crippen LogP contribution in [0.3, 0.4) is 0 Å². The first-order valence-electron chi connectivity index (χ1n) is 17.9. The van der Waals surface area contributed by atoms with Crippen LogP contribution < -0.4 is 0 Å². The Kier molecular flexibility index (Phi) is 30.1. The van der Waals surface area contributed by atoms with Crippen LogP contribution in [0.5, 0.6) is 0 Å². The number of unbranched alkanes of at least 4 members (excludes halogenated alkanes) is 24. The molecule has 0 aliphatic carbocycles. The highest BCUT2D eigenvalue weighted by Crippen LogP contribution is 2.16. The zero-order chi connectivity index (χ0) is 29.5. The molecule has 0 saturated carbocycles. The summed E-state index contributed by atoms with van der Waals surface area (Å²) in [6.45, 7) is 8.59. The van der Waals surface area contributed by atoms with Gasteiger partial charge >= 0.3 is 11.9 Å². The Morgan fingerprint density at radius 1 is 0.450 bits per heavy atom. The van der Waals surface area contributed by atoms with Crippen molar-refractivity contribution in [3.63, 3.8) is 0 Å². The lowest BCUT2D eigenvalue weighted by Crippen LogP contribution is -2.31. The van der Waals surface area contributed by atoms with Gasteiger partial charge in [-0.05, 0) is 19.3 Å². The molecule has 0 N–H and O–H groups in total. The van der Waals surface area contributed by atoms with Gasteiger partial charge in [0, 0.05) is 0 Å². The first-order valence-corrected chi connectivity index (χ1v) is 17.9. The van der Waals surface area contributed by atoms with Gasteiger partial charge in [-0.1, -0.05) is 182 Å². The molecule has 40 heavy (non-hydrogen) atoms. The van der Waals surface area contributed by atoms with Crippen LogP contribution >= 0.6 is 0 Å². The molecule has 0 aliphatic rings. The van der Waals surface area contributed by atoms with Gasteiger partial charge in [0.25, 0.3) is 0 Å². The Morgan fingerprint density at radius 2 is 0.775 bits per heavy atom. The molecule has 0 amide bonds. The third-order valence-corrected chi connectivity index (χ3v) is 8.05. The highest BCUT2D eigenvalue weighted by atomic mass is 16.6. The normalized spacial score (nSPS) is 12.1. The number of ether oxygens (including phenoxy) is 2. The van der Waals surface area contributed by atoms with Crippen LogP contribution in [0.25, 0.3) is 0 Å². The van der Waals surface area contributed by atoms with Gasteiger partial charge in [0.05, 0.1) is 12.5 Å². The van der Waals surface area contributed by atoms with Crippen molar-refractivity contribution < 1.29 is 19.1 Å². The van der Waals surface area contributed by atoms with E-state index in [0.29, 0.717) is 13.0 Å². The average molecular weight is 567 g/mol. The van der Waals surface area contributed by atoms with Crippen LogP contribution in [0.15, 0.2) is 0 Å². The first kappa shape index (κ1) is 38.9. The van der Waals surface area contributed by atoms with E-state index in [-0.39, 0.29) is 17.9 Å². The Bertz CT molecular complexity index is 545. The van der Waals surface area contributed by atoms with E-state index in [2.05, 4.69) is 13.8 Å². The van der Waals surface area contributed by atoms with E-state index < -0.39 is 6.10 Å². The molecule has 1 unspecified atom stereocenters.